The van der Waals surface area contributed by atoms with Crippen molar-refractivity contribution in [1.82, 2.24) is 0 Å². The van der Waals surface area contributed by atoms with E-state index in [2.05, 4.69) is 4.18 Å². The van der Waals surface area contributed by atoms with Gasteiger partial charge in [0.25, 0.3) is 0 Å². The minimum atomic E-state index is -4.64. The van der Waals surface area contributed by atoms with E-state index >= 15 is 0 Å². The molecule has 1 heterocycles. The summed E-state index contributed by atoms with van der Waals surface area (Å²) in [5, 5.41) is 8.85. The van der Waals surface area contributed by atoms with Gasteiger partial charge in [-0.15, -0.1) is 0 Å². The molecule has 100 valence electrons. The second-order valence-corrected chi connectivity index (χ2v) is 4.76. The fourth-order valence-electron chi connectivity index (χ4n) is 1.86. The van der Waals surface area contributed by atoms with Crippen molar-refractivity contribution >= 4 is 16.4 Å². The fraction of sp³-hybridized carbons (Fsp3) is 0.875. The maximum absolute atomic E-state index is 10.8. The zero-order chi connectivity index (χ0) is 13.2. The summed E-state index contributed by atoms with van der Waals surface area (Å²) in [6, 6.07) is 0. The Morgan fingerprint density at radius 1 is 1.47 bits per heavy atom. The Hall–Kier alpha value is -0.740. The van der Waals surface area contributed by atoms with E-state index in [9.17, 15) is 13.2 Å². The van der Waals surface area contributed by atoms with Crippen LogP contribution >= 0.6 is 0 Å². The van der Waals surface area contributed by atoms with Crippen molar-refractivity contribution in [3.05, 3.63) is 0 Å². The van der Waals surface area contributed by atoms with E-state index in [0.717, 1.165) is 0 Å². The molecule has 0 aliphatic carbocycles. The van der Waals surface area contributed by atoms with E-state index < -0.39 is 40.6 Å². The molecule has 1 rings (SSSR count). The van der Waals surface area contributed by atoms with Crippen LogP contribution in [0.15, 0.2) is 0 Å². The van der Waals surface area contributed by atoms with E-state index in [1.807, 2.05) is 0 Å². The highest BCUT2D eigenvalue weighted by molar-refractivity contribution is 7.80. The minimum Gasteiger partial charge on any atom is -0.479 e. The maximum Gasteiger partial charge on any atom is 0.397 e. The fourth-order valence-corrected chi connectivity index (χ4v) is 2.33. The molecule has 0 spiro atoms. The van der Waals surface area contributed by atoms with Crippen LogP contribution in [0.4, 0.5) is 0 Å². The highest BCUT2D eigenvalue weighted by Gasteiger charge is 2.43. The number of methoxy groups -OCH3 is 1. The standard InChI is InChI=1S/C8H14O8S/c1-4-6(14-2)5(16-17(11,12)13)3-15-7(4)8(9)10/h4-7H,3H2,1-2H3,(H,9,10)(H,11,12,13)/t4-,5?,6+,7?/m0/s1. The second kappa shape index (κ2) is 5.27. The predicted molar refractivity (Wildman–Crippen MR) is 53.8 cm³/mol. The highest BCUT2D eigenvalue weighted by atomic mass is 32.3. The van der Waals surface area contributed by atoms with Crippen molar-refractivity contribution in [3.63, 3.8) is 0 Å². The molecule has 17 heavy (non-hydrogen) atoms. The quantitative estimate of drug-likeness (QED) is 0.644. The molecule has 0 aromatic carbocycles. The molecule has 8 nitrogen and oxygen atoms in total. The Balaban J connectivity index is 2.81. The van der Waals surface area contributed by atoms with Crippen LogP contribution in [0.5, 0.6) is 0 Å². The van der Waals surface area contributed by atoms with Crippen LogP contribution < -0.4 is 0 Å². The first-order valence-corrected chi connectivity index (χ1v) is 6.15. The number of ether oxygens (including phenoxy) is 2. The van der Waals surface area contributed by atoms with Crippen LogP contribution in [0.1, 0.15) is 6.92 Å². The normalized spacial score (nSPS) is 34.5. The summed E-state index contributed by atoms with van der Waals surface area (Å²) in [5.74, 6) is -1.78. The lowest BCUT2D eigenvalue weighted by molar-refractivity contribution is -0.183. The summed E-state index contributed by atoms with van der Waals surface area (Å²) >= 11 is 0. The molecular weight excluding hydrogens is 256 g/mol. The minimum absolute atomic E-state index is 0.292. The number of carbonyl (C=O) groups is 1. The molecule has 0 saturated carbocycles. The summed E-state index contributed by atoms with van der Waals surface area (Å²) in [6.07, 6.45) is -2.96. The molecule has 4 atom stereocenters. The van der Waals surface area contributed by atoms with E-state index in [0.29, 0.717) is 0 Å². The molecule has 0 aromatic rings. The SMILES string of the molecule is CO[C@H]1C(OS(=O)(=O)O)COC(C(=O)O)[C@H]1C. The van der Waals surface area contributed by atoms with E-state index in [4.69, 9.17) is 19.1 Å². The summed E-state index contributed by atoms with van der Waals surface area (Å²) in [4.78, 5) is 10.8. The molecule has 0 aromatic heterocycles. The van der Waals surface area contributed by atoms with Gasteiger partial charge >= 0.3 is 16.4 Å². The lowest BCUT2D eigenvalue weighted by Crippen LogP contribution is -2.53. The van der Waals surface area contributed by atoms with Crippen molar-refractivity contribution < 1.29 is 36.5 Å². The average Bonchev–Trinajstić information content (AvgIpc) is 2.15. The smallest absolute Gasteiger partial charge is 0.397 e. The van der Waals surface area contributed by atoms with Gasteiger partial charge < -0.3 is 14.6 Å². The number of rotatable bonds is 4. The number of hydrogen-bond donors (Lipinski definition) is 2. The largest absolute Gasteiger partial charge is 0.479 e. The van der Waals surface area contributed by atoms with Gasteiger partial charge in [-0.2, -0.15) is 8.42 Å². The van der Waals surface area contributed by atoms with Crippen LogP contribution in [-0.2, 0) is 28.9 Å². The van der Waals surface area contributed by atoms with Crippen molar-refractivity contribution in [1.29, 1.82) is 0 Å². The zero-order valence-electron chi connectivity index (χ0n) is 9.27. The number of hydrogen-bond acceptors (Lipinski definition) is 6. The molecule has 1 saturated heterocycles. The van der Waals surface area contributed by atoms with Gasteiger partial charge in [0.05, 0.1) is 12.7 Å². The molecule has 1 aliphatic rings. The predicted octanol–water partition coefficient (Wildman–Crippen LogP) is -0.691. The first kappa shape index (κ1) is 14.3. The van der Waals surface area contributed by atoms with Gasteiger partial charge in [-0.3, -0.25) is 4.55 Å². The molecule has 0 bridgehead atoms. The van der Waals surface area contributed by atoms with Crippen LogP contribution in [0.2, 0.25) is 0 Å². The lowest BCUT2D eigenvalue weighted by Gasteiger charge is -2.37. The van der Waals surface area contributed by atoms with Gasteiger partial charge in [0.15, 0.2) is 6.10 Å². The van der Waals surface area contributed by atoms with Gasteiger partial charge in [0.2, 0.25) is 0 Å². The molecule has 9 heteroatoms. The van der Waals surface area contributed by atoms with Gasteiger partial charge in [0, 0.05) is 13.0 Å². The Bertz CT molecular complexity index is 377. The van der Waals surface area contributed by atoms with E-state index in [1.165, 1.54) is 14.0 Å². The molecule has 1 fully saturated rings. The Morgan fingerprint density at radius 2 is 2.06 bits per heavy atom. The lowest BCUT2D eigenvalue weighted by atomic mass is 9.91. The van der Waals surface area contributed by atoms with E-state index in [1.54, 1.807) is 0 Å². The van der Waals surface area contributed by atoms with Crippen molar-refractivity contribution in [2.75, 3.05) is 13.7 Å². The third-order valence-corrected chi connectivity index (χ3v) is 3.05. The van der Waals surface area contributed by atoms with E-state index in [-0.39, 0.29) is 6.61 Å². The summed E-state index contributed by atoms with van der Waals surface area (Å²) < 4.78 is 44.1. The van der Waals surface area contributed by atoms with Crippen molar-refractivity contribution in [3.8, 4) is 0 Å². The highest BCUT2D eigenvalue weighted by Crippen LogP contribution is 2.26. The van der Waals surface area contributed by atoms with Gasteiger partial charge in [0.1, 0.15) is 6.10 Å². The van der Waals surface area contributed by atoms with Crippen LogP contribution in [0.3, 0.4) is 0 Å². The average molecular weight is 270 g/mol. The van der Waals surface area contributed by atoms with Gasteiger partial charge in [-0.05, 0) is 0 Å². The van der Waals surface area contributed by atoms with Crippen molar-refractivity contribution in [2.45, 2.75) is 25.2 Å². The van der Waals surface area contributed by atoms with Gasteiger partial charge in [-0.25, -0.2) is 8.98 Å². The molecular formula is C8H14O8S. The first-order valence-electron chi connectivity index (χ1n) is 4.79. The summed E-state index contributed by atoms with van der Waals surface area (Å²) in [5.41, 5.74) is 0. The topological polar surface area (TPSA) is 119 Å². The molecule has 1 aliphatic heterocycles. The third kappa shape index (κ3) is 3.61. The second-order valence-electron chi connectivity index (χ2n) is 3.71. The Morgan fingerprint density at radius 3 is 2.47 bits per heavy atom. The molecule has 0 radical (unpaired) electrons. The summed E-state index contributed by atoms with van der Waals surface area (Å²) in [6.45, 7) is 1.24. The maximum atomic E-state index is 10.8. The Labute approximate surface area is 98.4 Å². The molecule has 2 N–H and O–H groups in total. The Kier molecular flexibility index (Phi) is 4.44. The van der Waals surface area contributed by atoms with Crippen LogP contribution in [0.25, 0.3) is 0 Å². The molecule has 2 unspecified atom stereocenters. The number of carboxylic acids is 1. The van der Waals surface area contributed by atoms with Crippen LogP contribution in [0, 0.1) is 5.92 Å². The van der Waals surface area contributed by atoms with Crippen LogP contribution in [-0.4, -0.2) is 56.1 Å². The number of carboxylic acid groups (broad SMARTS) is 1. The van der Waals surface area contributed by atoms with Gasteiger partial charge in [-0.1, -0.05) is 6.92 Å². The zero-order valence-corrected chi connectivity index (χ0v) is 10.1. The van der Waals surface area contributed by atoms with Crippen molar-refractivity contribution in [2.24, 2.45) is 5.92 Å². The summed E-state index contributed by atoms with van der Waals surface area (Å²) in [7, 11) is -3.34. The third-order valence-electron chi connectivity index (χ3n) is 2.56. The first-order chi connectivity index (χ1) is 7.76. The molecule has 0 amide bonds. The monoisotopic (exact) mass is 270 g/mol. The number of aliphatic carboxylic acids is 1.